The van der Waals surface area contributed by atoms with Crippen molar-refractivity contribution >= 4 is 5.91 Å². The van der Waals surface area contributed by atoms with Crippen molar-refractivity contribution in [2.45, 2.75) is 19.9 Å². The van der Waals surface area contributed by atoms with Crippen LogP contribution in [-0.2, 0) is 0 Å². The summed E-state index contributed by atoms with van der Waals surface area (Å²) in [5.41, 5.74) is 6.63. The molecular formula is C8H14N4O. The van der Waals surface area contributed by atoms with Gasteiger partial charge < -0.3 is 11.1 Å². The molecule has 0 unspecified atom stereocenters. The number of nitrogens with zero attached hydrogens (tertiary/aromatic N) is 1. The van der Waals surface area contributed by atoms with Crippen LogP contribution in [0.15, 0.2) is 6.07 Å². The number of hydrogen-bond donors (Lipinski definition) is 3. The van der Waals surface area contributed by atoms with E-state index in [9.17, 15) is 4.79 Å². The van der Waals surface area contributed by atoms with E-state index in [1.54, 1.807) is 6.07 Å². The zero-order valence-electron chi connectivity index (χ0n) is 7.79. The Hall–Kier alpha value is -1.36. The van der Waals surface area contributed by atoms with E-state index < -0.39 is 0 Å². The number of rotatable bonds is 3. The molecule has 0 bridgehead atoms. The fourth-order valence-electron chi connectivity index (χ4n) is 0.891. The molecule has 0 radical (unpaired) electrons. The van der Waals surface area contributed by atoms with Crippen LogP contribution in [0, 0.1) is 6.92 Å². The quantitative estimate of drug-likeness (QED) is 0.605. The van der Waals surface area contributed by atoms with Gasteiger partial charge in [0.2, 0.25) is 0 Å². The van der Waals surface area contributed by atoms with Crippen LogP contribution < -0.4 is 11.1 Å². The summed E-state index contributed by atoms with van der Waals surface area (Å²) in [6.45, 7) is 4.11. The molecule has 1 heterocycles. The van der Waals surface area contributed by atoms with Gasteiger partial charge in [0.25, 0.3) is 5.91 Å². The highest BCUT2D eigenvalue weighted by Gasteiger charge is 2.10. The molecule has 1 aromatic rings. The third-order valence-electron chi connectivity index (χ3n) is 1.67. The van der Waals surface area contributed by atoms with Gasteiger partial charge in [0.15, 0.2) is 0 Å². The van der Waals surface area contributed by atoms with Crippen molar-refractivity contribution in [3.05, 3.63) is 17.5 Å². The topological polar surface area (TPSA) is 83.8 Å². The first kappa shape index (κ1) is 9.73. The van der Waals surface area contributed by atoms with Crippen LogP contribution in [0.5, 0.6) is 0 Å². The fraction of sp³-hybridized carbons (Fsp3) is 0.500. The first-order valence-corrected chi connectivity index (χ1v) is 4.16. The zero-order valence-corrected chi connectivity index (χ0v) is 7.79. The number of aryl methyl sites for hydroxylation is 1. The van der Waals surface area contributed by atoms with Crippen LogP contribution in [0.1, 0.15) is 23.1 Å². The lowest BCUT2D eigenvalue weighted by molar-refractivity contribution is 0.0936. The maximum atomic E-state index is 11.4. The number of nitrogens with two attached hydrogens (primary N) is 1. The highest BCUT2D eigenvalue weighted by molar-refractivity contribution is 5.92. The van der Waals surface area contributed by atoms with E-state index >= 15 is 0 Å². The molecule has 13 heavy (non-hydrogen) atoms. The molecule has 1 rings (SSSR count). The Morgan fingerprint density at radius 2 is 2.54 bits per heavy atom. The molecule has 5 nitrogen and oxygen atoms in total. The second-order valence-corrected chi connectivity index (χ2v) is 3.05. The smallest absolute Gasteiger partial charge is 0.272 e. The summed E-state index contributed by atoms with van der Waals surface area (Å²) in [4.78, 5) is 11.4. The fourth-order valence-corrected chi connectivity index (χ4v) is 0.891. The summed E-state index contributed by atoms with van der Waals surface area (Å²) in [5.74, 6) is -0.192. The average Bonchev–Trinajstić information content (AvgIpc) is 2.51. The molecule has 1 aromatic heterocycles. The van der Waals surface area contributed by atoms with Gasteiger partial charge in [-0.15, -0.1) is 0 Å². The standard InChI is InChI=1S/C8H14N4O/c1-5-3-7(12-11-5)8(13)10-6(2)4-9/h3,6H,4,9H2,1-2H3,(H,10,13)(H,11,12)/t6-/m0/s1. The maximum Gasteiger partial charge on any atom is 0.272 e. The Balaban J connectivity index is 2.58. The van der Waals surface area contributed by atoms with Gasteiger partial charge in [-0.3, -0.25) is 9.89 Å². The van der Waals surface area contributed by atoms with Crippen LogP contribution in [-0.4, -0.2) is 28.7 Å². The van der Waals surface area contributed by atoms with Gasteiger partial charge in [0.05, 0.1) is 0 Å². The third kappa shape index (κ3) is 2.55. The van der Waals surface area contributed by atoms with Crippen LogP contribution in [0.2, 0.25) is 0 Å². The summed E-state index contributed by atoms with van der Waals surface area (Å²) < 4.78 is 0. The van der Waals surface area contributed by atoms with Crippen molar-refractivity contribution < 1.29 is 4.79 Å². The lowest BCUT2D eigenvalue weighted by Gasteiger charge is -2.08. The van der Waals surface area contributed by atoms with Crippen LogP contribution >= 0.6 is 0 Å². The van der Waals surface area contributed by atoms with Gasteiger partial charge in [-0.25, -0.2) is 0 Å². The average molecular weight is 182 g/mol. The predicted molar refractivity (Wildman–Crippen MR) is 49.3 cm³/mol. The summed E-state index contributed by atoms with van der Waals surface area (Å²) in [5, 5.41) is 9.24. The second kappa shape index (κ2) is 4.04. The SMILES string of the molecule is Cc1cc(C(=O)N[C@@H](C)CN)n[nH]1. The van der Waals surface area contributed by atoms with E-state index in [4.69, 9.17) is 5.73 Å². The number of aromatic amines is 1. The Morgan fingerprint density at radius 3 is 3.00 bits per heavy atom. The van der Waals surface area contributed by atoms with Gasteiger partial charge in [-0.1, -0.05) is 0 Å². The monoisotopic (exact) mass is 182 g/mol. The number of aromatic nitrogens is 2. The molecule has 1 atom stereocenters. The van der Waals surface area contributed by atoms with Crippen LogP contribution in [0.4, 0.5) is 0 Å². The summed E-state index contributed by atoms with van der Waals surface area (Å²) in [6.07, 6.45) is 0. The van der Waals surface area contributed by atoms with Gasteiger partial charge in [0.1, 0.15) is 5.69 Å². The van der Waals surface area contributed by atoms with E-state index in [1.807, 2.05) is 13.8 Å². The molecule has 0 spiro atoms. The summed E-state index contributed by atoms with van der Waals surface area (Å²) in [7, 11) is 0. The van der Waals surface area contributed by atoms with Crippen molar-refractivity contribution in [1.29, 1.82) is 0 Å². The van der Waals surface area contributed by atoms with E-state index in [1.165, 1.54) is 0 Å². The second-order valence-electron chi connectivity index (χ2n) is 3.05. The molecule has 5 heteroatoms. The highest BCUT2D eigenvalue weighted by Crippen LogP contribution is 1.97. The van der Waals surface area contributed by atoms with Crippen molar-refractivity contribution in [1.82, 2.24) is 15.5 Å². The van der Waals surface area contributed by atoms with Crippen LogP contribution in [0.25, 0.3) is 0 Å². The van der Waals surface area contributed by atoms with Crippen molar-refractivity contribution in [2.24, 2.45) is 5.73 Å². The largest absolute Gasteiger partial charge is 0.347 e. The molecule has 72 valence electrons. The lowest BCUT2D eigenvalue weighted by atomic mass is 10.3. The number of nitrogens with one attached hydrogen (secondary N) is 2. The van der Waals surface area contributed by atoms with Gasteiger partial charge >= 0.3 is 0 Å². The predicted octanol–water partition coefficient (Wildman–Crippen LogP) is -0.205. The minimum atomic E-state index is -0.192. The van der Waals surface area contributed by atoms with E-state index in [0.29, 0.717) is 12.2 Å². The van der Waals surface area contributed by atoms with Gasteiger partial charge in [0, 0.05) is 18.3 Å². The van der Waals surface area contributed by atoms with Gasteiger partial charge in [-0.05, 0) is 19.9 Å². The van der Waals surface area contributed by atoms with E-state index in [0.717, 1.165) is 5.69 Å². The summed E-state index contributed by atoms with van der Waals surface area (Å²) >= 11 is 0. The van der Waals surface area contributed by atoms with Crippen molar-refractivity contribution in [3.8, 4) is 0 Å². The Kier molecular flexibility index (Phi) is 3.02. The highest BCUT2D eigenvalue weighted by atomic mass is 16.2. The molecule has 4 N–H and O–H groups in total. The van der Waals surface area contributed by atoms with Crippen LogP contribution in [0.3, 0.4) is 0 Å². The number of carbonyl (C=O) groups excluding carboxylic acids is 1. The number of amides is 1. The zero-order chi connectivity index (χ0) is 9.84. The summed E-state index contributed by atoms with van der Waals surface area (Å²) in [6, 6.07) is 1.67. The van der Waals surface area contributed by atoms with E-state index in [2.05, 4.69) is 15.5 Å². The maximum absolute atomic E-state index is 11.4. The van der Waals surface area contributed by atoms with Crippen molar-refractivity contribution in [3.63, 3.8) is 0 Å². The van der Waals surface area contributed by atoms with E-state index in [-0.39, 0.29) is 11.9 Å². The number of hydrogen-bond acceptors (Lipinski definition) is 3. The minimum absolute atomic E-state index is 0.0236. The Morgan fingerprint density at radius 1 is 1.85 bits per heavy atom. The molecular weight excluding hydrogens is 168 g/mol. The number of carbonyl (C=O) groups is 1. The first-order chi connectivity index (χ1) is 6.13. The first-order valence-electron chi connectivity index (χ1n) is 4.16. The normalized spacial score (nSPS) is 12.5. The molecule has 0 aliphatic carbocycles. The molecule has 0 aromatic carbocycles. The molecule has 0 aliphatic rings. The number of H-pyrrole nitrogens is 1. The third-order valence-corrected chi connectivity index (χ3v) is 1.67. The Labute approximate surface area is 76.7 Å². The molecule has 0 saturated carbocycles. The molecule has 0 saturated heterocycles. The molecule has 0 aliphatic heterocycles. The molecule has 1 amide bonds. The van der Waals surface area contributed by atoms with Gasteiger partial charge in [-0.2, -0.15) is 5.10 Å². The molecule has 0 fully saturated rings. The lowest BCUT2D eigenvalue weighted by Crippen LogP contribution is -2.37. The minimum Gasteiger partial charge on any atom is -0.347 e. The van der Waals surface area contributed by atoms with Crippen molar-refractivity contribution in [2.75, 3.05) is 6.54 Å². The Bertz CT molecular complexity index is 294.